The van der Waals surface area contributed by atoms with Gasteiger partial charge in [-0.2, -0.15) is 0 Å². The van der Waals surface area contributed by atoms with Gasteiger partial charge in [0.15, 0.2) is 0 Å². The zero-order chi connectivity index (χ0) is 15.3. The number of hydrogen-bond acceptors (Lipinski definition) is 4. The van der Waals surface area contributed by atoms with Crippen LogP contribution in [0.5, 0.6) is 0 Å². The van der Waals surface area contributed by atoms with Gasteiger partial charge in [-0.05, 0) is 26.2 Å². The van der Waals surface area contributed by atoms with Crippen molar-refractivity contribution in [1.29, 1.82) is 0 Å². The maximum absolute atomic E-state index is 12.4. The number of hydrogen-bond donors (Lipinski definition) is 2. The predicted molar refractivity (Wildman–Crippen MR) is 77.0 cm³/mol. The molecule has 1 unspecified atom stereocenters. The highest BCUT2D eigenvalue weighted by Crippen LogP contribution is 2.12. The molecule has 0 aromatic heterocycles. The Labute approximate surface area is 121 Å². The monoisotopic (exact) mass is 285 g/mol. The van der Waals surface area contributed by atoms with E-state index < -0.39 is 12.1 Å². The lowest BCUT2D eigenvalue weighted by Gasteiger charge is -2.36. The quantitative estimate of drug-likeness (QED) is 0.751. The summed E-state index contributed by atoms with van der Waals surface area (Å²) in [7, 11) is 0. The van der Waals surface area contributed by atoms with Crippen LogP contribution < -0.4 is 11.1 Å². The molecule has 6 heteroatoms. The first-order valence-corrected chi connectivity index (χ1v) is 7.27. The van der Waals surface area contributed by atoms with Gasteiger partial charge in [0.05, 0.1) is 19.3 Å². The van der Waals surface area contributed by atoms with Crippen molar-refractivity contribution >= 4 is 11.8 Å². The Morgan fingerprint density at radius 1 is 1.35 bits per heavy atom. The van der Waals surface area contributed by atoms with Gasteiger partial charge in [0.2, 0.25) is 11.8 Å². The van der Waals surface area contributed by atoms with Crippen LogP contribution in [0.4, 0.5) is 0 Å². The Morgan fingerprint density at radius 3 is 2.55 bits per heavy atom. The summed E-state index contributed by atoms with van der Waals surface area (Å²) in [6.45, 7) is 8.92. The van der Waals surface area contributed by atoms with Gasteiger partial charge in [-0.3, -0.25) is 9.59 Å². The van der Waals surface area contributed by atoms with Crippen LogP contribution in [0, 0.1) is 5.92 Å². The van der Waals surface area contributed by atoms with Crippen LogP contribution in [-0.4, -0.2) is 54.6 Å². The van der Waals surface area contributed by atoms with Gasteiger partial charge in [-0.15, -0.1) is 0 Å². The lowest BCUT2D eigenvalue weighted by molar-refractivity contribution is -0.149. The van der Waals surface area contributed by atoms with Crippen molar-refractivity contribution in [3.8, 4) is 0 Å². The lowest BCUT2D eigenvalue weighted by atomic mass is 10.0. The highest BCUT2D eigenvalue weighted by molar-refractivity contribution is 5.90. The van der Waals surface area contributed by atoms with Gasteiger partial charge >= 0.3 is 0 Å². The predicted octanol–water partition coefficient (Wildman–Crippen LogP) is 0.112. The molecule has 2 amide bonds. The van der Waals surface area contributed by atoms with Crippen LogP contribution in [0.2, 0.25) is 0 Å². The first-order chi connectivity index (χ1) is 9.32. The minimum absolute atomic E-state index is 0.0331. The maximum atomic E-state index is 12.4. The molecule has 0 aromatic rings. The molecule has 0 bridgehead atoms. The molecule has 1 aliphatic heterocycles. The molecular weight excluding hydrogens is 258 g/mol. The molecule has 20 heavy (non-hydrogen) atoms. The third-order valence-corrected chi connectivity index (χ3v) is 3.19. The van der Waals surface area contributed by atoms with E-state index in [4.69, 9.17) is 10.5 Å². The summed E-state index contributed by atoms with van der Waals surface area (Å²) in [5, 5.41) is 2.82. The van der Waals surface area contributed by atoms with Gasteiger partial charge in [-0.1, -0.05) is 13.8 Å². The average molecular weight is 285 g/mol. The first-order valence-electron chi connectivity index (χ1n) is 7.27. The van der Waals surface area contributed by atoms with Gasteiger partial charge < -0.3 is 20.7 Å². The van der Waals surface area contributed by atoms with Gasteiger partial charge in [0.25, 0.3) is 0 Å². The third-order valence-electron chi connectivity index (χ3n) is 3.19. The van der Waals surface area contributed by atoms with E-state index in [9.17, 15) is 9.59 Å². The summed E-state index contributed by atoms with van der Waals surface area (Å²) in [4.78, 5) is 26.1. The fraction of sp³-hybridized carbons (Fsp3) is 0.857. The van der Waals surface area contributed by atoms with Crippen molar-refractivity contribution in [2.75, 3.05) is 19.8 Å². The summed E-state index contributed by atoms with van der Waals surface area (Å²) in [6, 6.07) is -1.09. The van der Waals surface area contributed by atoms with E-state index >= 15 is 0 Å². The first kappa shape index (κ1) is 16.9. The Hall–Kier alpha value is -1.14. The van der Waals surface area contributed by atoms with Crippen molar-refractivity contribution in [1.82, 2.24) is 10.2 Å². The minimum Gasteiger partial charge on any atom is -0.377 e. The summed E-state index contributed by atoms with van der Waals surface area (Å²) >= 11 is 0. The lowest BCUT2D eigenvalue weighted by Crippen LogP contribution is -2.59. The maximum Gasteiger partial charge on any atom is 0.245 e. The van der Waals surface area contributed by atoms with Crippen LogP contribution in [0.1, 0.15) is 34.1 Å². The molecule has 3 N–H and O–H groups in total. The summed E-state index contributed by atoms with van der Waals surface area (Å²) in [5.74, 6) is 0.00799. The number of nitrogens with one attached hydrogen (secondary N) is 1. The summed E-state index contributed by atoms with van der Waals surface area (Å²) < 4.78 is 5.33. The number of carbonyl (C=O) groups excluding carboxylic acids is 2. The van der Waals surface area contributed by atoms with E-state index in [0.717, 1.165) is 0 Å². The Kier molecular flexibility index (Phi) is 6.42. The number of ether oxygens (including phenoxy) is 1. The van der Waals surface area contributed by atoms with E-state index in [-0.39, 0.29) is 24.5 Å². The van der Waals surface area contributed by atoms with Gasteiger partial charge in [0.1, 0.15) is 6.04 Å². The molecule has 116 valence electrons. The second-order valence-electron chi connectivity index (χ2n) is 6.02. The van der Waals surface area contributed by atoms with E-state index in [1.807, 2.05) is 27.7 Å². The van der Waals surface area contributed by atoms with Crippen LogP contribution in [0.15, 0.2) is 0 Å². The number of rotatable bonds is 5. The molecule has 0 aliphatic carbocycles. The summed E-state index contributed by atoms with van der Waals surface area (Å²) in [5.41, 5.74) is 5.95. The molecule has 0 radical (unpaired) electrons. The second kappa shape index (κ2) is 7.59. The van der Waals surface area contributed by atoms with Crippen LogP contribution >= 0.6 is 0 Å². The Bertz CT molecular complexity index is 345. The molecule has 1 fully saturated rings. The van der Waals surface area contributed by atoms with Crippen molar-refractivity contribution in [3.05, 3.63) is 0 Å². The second-order valence-corrected chi connectivity index (χ2v) is 6.02. The third kappa shape index (κ3) is 4.76. The van der Waals surface area contributed by atoms with Gasteiger partial charge in [-0.25, -0.2) is 0 Å². The van der Waals surface area contributed by atoms with Crippen molar-refractivity contribution in [3.63, 3.8) is 0 Å². The van der Waals surface area contributed by atoms with E-state index in [1.54, 1.807) is 4.90 Å². The SMILES string of the molecule is CC(C)C[C@H](N)C(=O)N1CCOCC1C(=O)NC(C)C. The fourth-order valence-electron chi connectivity index (χ4n) is 2.29. The number of nitrogens with two attached hydrogens (primary N) is 1. The molecule has 6 nitrogen and oxygen atoms in total. The summed E-state index contributed by atoms with van der Waals surface area (Å²) in [6.07, 6.45) is 0.620. The van der Waals surface area contributed by atoms with E-state index in [0.29, 0.717) is 25.5 Å². The zero-order valence-corrected chi connectivity index (χ0v) is 12.9. The van der Waals surface area contributed by atoms with Crippen molar-refractivity contribution in [2.45, 2.75) is 52.2 Å². The highest BCUT2D eigenvalue weighted by Gasteiger charge is 2.35. The number of carbonyl (C=O) groups is 2. The van der Waals surface area contributed by atoms with Crippen LogP contribution in [0.25, 0.3) is 0 Å². The van der Waals surface area contributed by atoms with Crippen LogP contribution in [-0.2, 0) is 14.3 Å². The number of morpholine rings is 1. The molecule has 0 aromatic carbocycles. The smallest absolute Gasteiger partial charge is 0.245 e. The van der Waals surface area contributed by atoms with Crippen molar-refractivity contribution < 1.29 is 14.3 Å². The van der Waals surface area contributed by atoms with Crippen molar-refractivity contribution in [2.24, 2.45) is 11.7 Å². The molecule has 2 atom stereocenters. The normalized spacial score (nSPS) is 21.1. The zero-order valence-electron chi connectivity index (χ0n) is 12.9. The van der Waals surface area contributed by atoms with E-state index in [2.05, 4.69) is 5.32 Å². The topological polar surface area (TPSA) is 84.7 Å². The minimum atomic E-state index is -0.572. The number of nitrogens with zero attached hydrogens (tertiary/aromatic N) is 1. The van der Waals surface area contributed by atoms with Gasteiger partial charge in [0, 0.05) is 12.6 Å². The molecule has 1 rings (SSSR count). The Morgan fingerprint density at radius 2 is 2.00 bits per heavy atom. The number of amides is 2. The molecule has 0 saturated carbocycles. The van der Waals surface area contributed by atoms with E-state index in [1.165, 1.54) is 0 Å². The standard InChI is InChI=1S/C14H27N3O3/c1-9(2)7-11(15)14(19)17-5-6-20-8-12(17)13(18)16-10(3)4/h9-12H,5-8,15H2,1-4H3,(H,16,18)/t11-,12?/m0/s1. The molecule has 1 heterocycles. The average Bonchev–Trinajstić information content (AvgIpc) is 2.36. The molecule has 1 saturated heterocycles. The van der Waals surface area contributed by atoms with Crippen LogP contribution in [0.3, 0.4) is 0 Å². The molecule has 0 spiro atoms. The largest absolute Gasteiger partial charge is 0.377 e. The highest BCUT2D eigenvalue weighted by atomic mass is 16.5. The fourth-order valence-corrected chi connectivity index (χ4v) is 2.29. The Balaban J connectivity index is 2.72. The molecular formula is C14H27N3O3. The molecule has 1 aliphatic rings.